The average molecular weight is 444 g/mol. The number of amides is 1. The van der Waals surface area contributed by atoms with Crippen molar-refractivity contribution in [2.75, 3.05) is 33.8 Å². The zero-order valence-electron chi connectivity index (χ0n) is 19.4. The van der Waals surface area contributed by atoms with Crippen molar-refractivity contribution in [2.45, 2.75) is 26.1 Å². The second kappa shape index (κ2) is 8.92. The van der Waals surface area contributed by atoms with E-state index < -0.39 is 0 Å². The van der Waals surface area contributed by atoms with Gasteiger partial charge < -0.3 is 14.2 Å². The molecule has 7 heteroatoms. The van der Waals surface area contributed by atoms with E-state index in [-0.39, 0.29) is 12.0 Å². The molecule has 170 valence electrons. The second-order valence-corrected chi connectivity index (χ2v) is 8.67. The van der Waals surface area contributed by atoms with E-state index in [0.717, 1.165) is 47.6 Å². The largest absolute Gasteiger partial charge is 0.369 e. The van der Waals surface area contributed by atoms with Gasteiger partial charge in [-0.1, -0.05) is 30.3 Å². The fourth-order valence-electron chi connectivity index (χ4n) is 4.60. The van der Waals surface area contributed by atoms with Crippen molar-refractivity contribution in [1.29, 1.82) is 0 Å². The molecule has 33 heavy (non-hydrogen) atoms. The number of hydrogen-bond acceptors (Lipinski definition) is 5. The molecule has 1 aliphatic rings. The normalized spacial score (nSPS) is 17.0. The molecule has 2 aromatic heterocycles. The van der Waals surface area contributed by atoms with Crippen LogP contribution in [-0.2, 0) is 17.8 Å². The van der Waals surface area contributed by atoms with E-state index >= 15 is 0 Å². The molecule has 1 saturated heterocycles. The first-order chi connectivity index (χ1) is 16.0. The molecule has 0 unspecified atom stereocenters. The van der Waals surface area contributed by atoms with E-state index in [2.05, 4.69) is 34.6 Å². The van der Waals surface area contributed by atoms with Crippen molar-refractivity contribution in [3.63, 3.8) is 0 Å². The highest BCUT2D eigenvalue weighted by molar-refractivity contribution is 6.06. The summed E-state index contributed by atoms with van der Waals surface area (Å²) >= 11 is 0. The fraction of sp³-hybridized carbons (Fsp3) is 0.346. The summed E-state index contributed by atoms with van der Waals surface area (Å²) in [6.45, 7) is 5.93. The number of imidazole rings is 1. The predicted octanol–water partition coefficient (Wildman–Crippen LogP) is 3.88. The number of benzene rings is 2. The highest BCUT2D eigenvalue weighted by Gasteiger charge is 2.26. The van der Waals surface area contributed by atoms with Gasteiger partial charge in [0.15, 0.2) is 0 Å². The number of morpholine rings is 1. The van der Waals surface area contributed by atoms with E-state index in [9.17, 15) is 4.79 Å². The Morgan fingerprint density at radius 1 is 1.09 bits per heavy atom. The zero-order valence-corrected chi connectivity index (χ0v) is 19.4. The number of aromatic nitrogens is 3. The topological polar surface area (TPSA) is 63.5 Å². The van der Waals surface area contributed by atoms with Crippen LogP contribution < -0.4 is 0 Å². The van der Waals surface area contributed by atoms with Crippen molar-refractivity contribution in [3.05, 3.63) is 71.7 Å². The van der Waals surface area contributed by atoms with Gasteiger partial charge in [0.2, 0.25) is 0 Å². The quantitative estimate of drug-likeness (QED) is 0.468. The highest BCUT2D eigenvalue weighted by atomic mass is 16.5. The van der Waals surface area contributed by atoms with Gasteiger partial charge in [-0.2, -0.15) is 0 Å². The Morgan fingerprint density at radius 2 is 1.85 bits per heavy atom. The summed E-state index contributed by atoms with van der Waals surface area (Å²) in [6, 6.07) is 18.0. The first kappa shape index (κ1) is 21.6. The summed E-state index contributed by atoms with van der Waals surface area (Å²) < 4.78 is 8.42. The lowest BCUT2D eigenvalue weighted by Gasteiger charge is -2.32. The molecule has 1 fully saturated rings. The monoisotopic (exact) mass is 443 g/mol. The molecule has 0 spiro atoms. The van der Waals surface area contributed by atoms with E-state index in [4.69, 9.17) is 14.7 Å². The van der Waals surface area contributed by atoms with E-state index in [1.807, 2.05) is 36.4 Å². The number of para-hydroxylation sites is 3. The van der Waals surface area contributed by atoms with Crippen LogP contribution in [0.4, 0.5) is 0 Å². The Kier molecular flexibility index (Phi) is 5.83. The summed E-state index contributed by atoms with van der Waals surface area (Å²) in [5, 5.41) is 0.865. The molecule has 0 bridgehead atoms. The van der Waals surface area contributed by atoms with Crippen LogP contribution in [0.25, 0.3) is 21.9 Å². The SMILES string of the molecule is CCn1c(CN2CCO[C@@H](c3cc(C(=O)N(C)C)c4ccccc4n3)C2)nc2ccccc21. The number of pyridine rings is 1. The molecule has 0 radical (unpaired) electrons. The van der Waals surface area contributed by atoms with Gasteiger partial charge in [0, 0.05) is 39.1 Å². The average Bonchev–Trinajstić information content (AvgIpc) is 3.19. The molecule has 0 N–H and O–H groups in total. The Morgan fingerprint density at radius 3 is 2.64 bits per heavy atom. The van der Waals surface area contributed by atoms with E-state index in [0.29, 0.717) is 18.7 Å². The number of aryl methyl sites for hydroxylation is 1. The standard InChI is InChI=1S/C26H29N5O2/c1-4-31-23-12-8-7-11-21(23)28-25(31)17-30-13-14-33-24(16-30)22-15-19(26(32)29(2)3)18-9-5-6-10-20(18)27-22/h5-12,15,24H,4,13-14,16-17H2,1-3H3/t24-/m1/s1. The summed E-state index contributed by atoms with van der Waals surface area (Å²) in [5.41, 5.74) is 4.47. The molecule has 0 saturated carbocycles. The zero-order chi connectivity index (χ0) is 22.9. The van der Waals surface area contributed by atoms with Gasteiger partial charge in [0.1, 0.15) is 11.9 Å². The maximum absolute atomic E-state index is 12.9. The Balaban J connectivity index is 1.44. The molecular formula is C26H29N5O2. The minimum atomic E-state index is -0.198. The molecule has 1 atom stereocenters. The van der Waals surface area contributed by atoms with Crippen molar-refractivity contribution in [1.82, 2.24) is 24.3 Å². The van der Waals surface area contributed by atoms with Crippen LogP contribution in [0.1, 0.15) is 34.9 Å². The molecule has 2 aromatic carbocycles. The number of fused-ring (bicyclic) bond motifs is 2. The lowest BCUT2D eigenvalue weighted by molar-refractivity contribution is -0.0358. The molecule has 4 aromatic rings. The molecule has 0 aliphatic carbocycles. The third kappa shape index (κ3) is 4.10. The van der Waals surface area contributed by atoms with Crippen molar-refractivity contribution in [2.24, 2.45) is 0 Å². The van der Waals surface area contributed by atoms with Crippen LogP contribution in [0.5, 0.6) is 0 Å². The van der Waals surface area contributed by atoms with Crippen molar-refractivity contribution in [3.8, 4) is 0 Å². The molecule has 1 amide bonds. The third-order valence-electron chi connectivity index (χ3n) is 6.27. The van der Waals surface area contributed by atoms with Crippen molar-refractivity contribution < 1.29 is 9.53 Å². The minimum absolute atomic E-state index is 0.0285. The second-order valence-electron chi connectivity index (χ2n) is 8.67. The van der Waals surface area contributed by atoms with Crippen LogP contribution >= 0.6 is 0 Å². The molecule has 3 heterocycles. The minimum Gasteiger partial charge on any atom is -0.369 e. The number of nitrogens with zero attached hydrogens (tertiary/aromatic N) is 5. The number of rotatable bonds is 5. The van der Waals surface area contributed by atoms with Crippen molar-refractivity contribution >= 4 is 27.8 Å². The Hall–Kier alpha value is -3.29. The number of carbonyl (C=O) groups is 1. The van der Waals surface area contributed by atoms with Gasteiger partial charge in [-0.15, -0.1) is 0 Å². The molecule has 7 nitrogen and oxygen atoms in total. The molecule has 5 rings (SSSR count). The third-order valence-corrected chi connectivity index (χ3v) is 6.27. The first-order valence-electron chi connectivity index (χ1n) is 11.4. The van der Waals surface area contributed by atoms with Gasteiger partial charge in [-0.05, 0) is 31.2 Å². The maximum atomic E-state index is 12.9. The van der Waals surface area contributed by atoms with Crippen LogP contribution in [0.15, 0.2) is 54.6 Å². The number of carbonyl (C=O) groups excluding carboxylic acids is 1. The summed E-state index contributed by atoms with van der Waals surface area (Å²) in [5.74, 6) is 1.04. The van der Waals surface area contributed by atoms with E-state index in [1.54, 1.807) is 19.0 Å². The van der Waals surface area contributed by atoms with Gasteiger partial charge >= 0.3 is 0 Å². The highest BCUT2D eigenvalue weighted by Crippen LogP contribution is 2.27. The summed E-state index contributed by atoms with van der Waals surface area (Å²) in [6.07, 6.45) is -0.198. The lowest BCUT2D eigenvalue weighted by atomic mass is 10.0. The van der Waals surface area contributed by atoms with E-state index in [1.165, 1.54) is 5.52 Å². The van der Waals surface area contributed by atoms with Gasteiger partial charge in [-0.3, -0.25) is 9.69 Å². The molecular weight excluding hydrogens is 414 g/mol. The lowest BCUT2D eigenvalue weighted by Crippen LogP contribution is -2.38. The Labute approximate surface area is 193 Å². The van der Waals surface area contributed by atoms with Gasteiger partial charge in [0.25, 0.3) is 5.91 Å². The van der Waals surface area contributed by atoms with Crippen LogP contribution in [0, 0.1) is 0 Å². The van der Waals surface area contributed by atoms with Crippen LogP contribution in [0.2, 0.25) is 0 Å². The predicted molar refractivity (Wildman–Crippen MR) is 129 cm³/mol. The maximum Gasteiger partial charge on any atom is 0.254 e. The first-order valence-corrected chi connectivity index (χ1v) is 11.4. The van der Waals surface area contributed by atoms with Gasteiger partial charge in [0.05, 0.1) is 41.0 Å². The smallest absolute Gasteiger partial charge is 0.254 e. The summed E-state index contributed by atoms with van der Waals surface area (Å²) in [4.78, 5) is 26.6. The number of hydrogen-bond donors (Lipinski definition) is 0. The number of ether oxygens (including phenoxy) is 1. The van der Waals surface area contributed by atoms with Gasteiger partial charge in [-0.25, -0.2) is 9.97 Å². The van der Waals surface area contributed by atoms with Crippen LogP contribution in [-0.4, -0.2) is 64.0 Å². The fourth-order valence-corrected chi connectivity index (χ4v) is 4.60. The molecule has 1 aliphatic heterocycles. The van der Waals surface area contributed by atoms with Crippen LogP contribution in [0.3, 0.4) is 0 Å². The summed E-state index contributed by atoms with van der Waals surface area (Å²) in [7, 11) is 3.55. The Bertz CT molecular complexity index is 1310.